The molecule has 1 aromatic heterocycles. The molecule has 29 heavy (non-hydrogen) atoms. The van der Waals surface area contributed by atoms with Gasteiger partial charge in [0.25, 0.3) is 5.91 Å². The first kappa shape index (κ1) is 17.7. The molecule has 2 aliphatic heterocycles. The SMILES string of the molecule is O=C(c1ccn(-c2cccc(F)c2)n1)N1CCCC1c1ccc2c(c1)OCCO2. The second-order valence-electron chi connectivity index (χ2n) is 7.19. The summed E-state index contributed by atoms with van der Waals surface area (Å²) in [5.41, 5.74) is 1.96. The molecule has 148 valence electrons. The summed E-state index contributed by atoms with van der Waals surface area (Å²) in [5.74, 6) is 0.995. The average Bonchev–Trinajstić information content (AvgIpc) is 3.43. The van der Waals surface area contributed by atoms with Crippen LogP contribution in [0, 0.1) is 5.82 Å². The molecule has 0 N–H and O–H groups in total. The van der Waals surface area contributed by atoms with E-state index >= 15 is 0 Å². The maximum atomic E-state index is 13.5. The highest BCUT2D eigenvalue weighted by molar-refractivity contribution is 5.92. The molecule has 6 nitrogen and oxygen atoms in total. The minimum atomic E-state index is -0.343. The Bertz CT molecular complexity index is 1060. The average molecular weight is 393 g/mol. The number of rotatable bonds is 3. The van der Waals surface area contributed by atoms with Gasteiger partial charge >= 0.3 is 0 Å². The monoisotopic (exact) mass is 393 g/mol. The molecular weight excluding hydrogens is 373 g/mol. The molecule has 1 saturated heterocycles. The maximum Gasteiger partial charge on any atom is 0.274 e. The fraction of sp³-hybridized carbons (Fsp3) is 0.273. The summed E-state index contributed by atoms with van der Waals surface area (Å²) in [6.07, 6.45) is 3.49. The number of likely N-dealkylation sites (tertiary alicyclic amines) is 1. The number of carbonyl (C=O) groups is 1. The Kier molecular flexibility index (Phi) is 4.42. The van der Waals surface area contributed by atoms with Crippen LogP contribution in [-0.2, 0) is 0 Å². The molecule has 3 heterocycles. The van der Waals surface area contributed by atoms with E-state index in [-0.39, 0.29) is 17.8 Å². The zero-order valence-electron chi connectivity index (χ0n) is 15.8. The van der Waals surface area contributed by atoms with Gasteiger partial charge in [-0.3, -0.25) is 4.79 Å². The van der Waals surface area contributed by atoms with Crippen molar-refractivity contribution in [3.63, 3.8) is 0 Å². The standard InChI is InChI=1S/C22H20FN3O3/c23-16-3-1-4-17(14-16)26-10-8-18(24-26)22(27)25-9-2-5-19(25)15-6-7-20-21(13-15)29-12-11-28-20/h1,3-4,6-8,10,13-14,19H,2,5,9,11-12H2. The van der Waals surface area contributed by atoms with Crippen LogP contribution >= 0.6 is 0 Å². The van der Waals surface area contributed by atoms with E-state index in [0.29, 0.717) is 31.1 Å². The van der Waals surface area contributed by atoms with Crippen molar-refractivity contribution >= 4 is 5.91 Å². The van der Waals surface area contributed by atoms with Crippen LogP contribution in [0.5, 0.6) is 11.5 Å². The van der Waals surface area contributed by atoms with Gasteiger partial charge in [0.15, 0.2) is 17.2 Å². The van der Waals surface area contributed by atoms with Crippen molar-refractivity contribution in [2.24, 2.45) is 0 Å². The van der Waals surface area contributed by atoms with Gasteiger partial charge in [-0.25, -0.2) is 9.07 Å². The van der Waals surface area contributed by atoms with E-state index in [1.807, 2.05) is 23.1 Å². The fourth-order valence-electron chi connectivity index (χ4n) is 3.97. The Morgan fingerprint density at radius 2 is 1.93 bits per heavy atom. The molecule has 5 rings (SSSR count). The Morgan fingerprint density at radius 1 is 1.07 bits per heavy atom. The highest BCUT2D eigenvalue weighted by Crippen LogP contribution is 2.38. The maximum absolute atomic E-state index is 13.5. The van der Waals surface area contributed by atoms with E-state index in [1.165, 1.54) is 16.8 Å². The van der Waals surface area contributed by atoms with Gasteiger partial charge in [0, 0.05) is 12.7 Å². The highest BCUT2D eigenvalue weighted by atomic mass is 19.1. The Morgan fingerprint density at radius 3 is 2.79 bits per heavy atom. The van der Waals surface area contributed by atoms with E-state index in [1.54, 1.807) is 24.4 Å². The number of nitrogens with zero attached hydrogens (tertiary/aromatic N) is 3. The first-order valence-electron chi connectivity index (χ1n) is 9.71. The van der Waals surface area contributed by atoms with E-state index < -0.39 is 0 Å². The molecule has 0 saturated carbocycles. The van der Waals surface area contributed by atoms with Crippen LogP contribution in [0.4, 0.5) is 4.39 Å². The molecule has 0 radical (unpaired) electrons. The fourth-order valence-corrected chi connectivity index (χ4v) is 3.97. The van der Waals surface area contributed by atoms with Crippen molar-refractivity contribution < 1.29 is 18.7 Å². The lowest BCUT2D eigenvalue weighted by atomic mass is 10.0. The molecule has 7 heteroatoms. The topological polar surface area (TPSA) is 56.6 Å². The largest absolute Gasteiger partial charge is 0.486 e. The van der Waals surface area contributed by atoms with Gasteiger partial charge in [-0.2, -0.15) is 5.10 Å². The smallest absolute Gasteiger partial charge is 0.274 e. The first-order chi connectivity index (χ1) is 14.2. The minimum absolute atomic E-state index is 0.0300. The summed E-state index contributed by atoms with van der Waals surface area (Å²) in [5, 5.41) is 4.38. The second-order valence-corrected chi connectivity index (χ2v) is 7.19. The van der Waals surface area contributed by atoms with Gasteiger partial charge in [0.05, 0.1) is 11.7 Å². The molecule has 0 spiro atoms. The number of carbonyl (C=O) groups excluding carboxylic acids is 1. The molecule has 1 unspecified atom stereocenters. The predicted octanol–water partition coefficient (Wildman–Crippen LogP) is 3.76. The van der Waals surface area contributed by atoms with E-state index in [4.69, 9.17) is 9.47 Å². The first-order valence-corrected chi connectivity index (χ1v) is 9.71. The van der Waals surface area contributed by atoms with Crippen LogP contribution in [0.3, 0.4) is 0 Å². The lowest BCUT2D eigenvalue weighted by molar-refractivity contribution is 0.0728. The summed E-state index contributed by atoms with van der Waals surface area (Å²) in [4.78, 5) is 15.0. The van der Waals surface area contributed by atoms with Crippen LogP contribution in [0.1, 0.15) is 34.9 Å². The van der Waals surface area contributed by atoms with Crippen molar-refractivity contribution in [3.05, 3.63) is 71.8 Å². The molecule has 1 atom stereocenters. The summed E-state index contributed by atoms with van der Waals surface area (Å²) < 4.78 is 26.3. The van der Waals surface area contributed by atoms with Crippen LogP contribution in [0.25, 0.3) is 5.69 Å². The third-order valence-electron chi connectivity index (χ3n) is 5.35. The molecule has 1 fully saturated rings. The highest BCUT2D eigenvalue weighted by Gasteiger charge is 2.32. The van der Waals surface area contributed by atoms with E-state index in [2.05, 4.69) is 5.10 Å². The van der Waals surface area contributed by atoms with Crippen molar-refractivity contribution in [2.75, 3.05) is 19.8 Å². The number of benzene rings is 2. The van der Waals surface area contributed by atoms with Gasteiger partial charge in [-0.05, 0) is 54.8 Å². The van der Waals surface area contributed by atoms with Crippen molar-refractivity contribution in [2.45, 2.75) is 18.9 Å². The minimum Gasteiger partial charge on any atom is -0.486 e. The number of amides is 1. The van der Waals surface area contributed by atoms with Crippen molar-refractivity contribution in [1.82, 2.24) is 14.7 Å². The van der Waals surface area contributed by atoms with Crippen LogP contribution in [0.15, 0.2) is 54.7 Å². The Hall–Kier alpha value is -3.35. The lowest BCUT2D eigenvalue weighted by Crippen LogP contribution is -2.31. The number of fused-ring (bicyclic) bond motifs is 1. The summed E-state index contributed by atoms with van der Waals surface area (Å²) >= 11 is 0. The molecule has 0 aliphatic carbocycles. The van der Waals surface area contributed by atoms with Gasteiger partial charge in [0.2, 0.25) is 0 Å². The van der Waals surface area contributed by atoms with Crippen molar-refractivity contribution in [1.29, 1.82) is 0 Å². The molecule has 2 aliphatic rings. The van der Waals surface area contributed by atoms with Gasteiger partial charge in [-0.15, -0.1) is 0 Å². The Balaban J connectivity index is 1.39. The summed E-state index contributed by atoms with van der Waals surface area (Å²) in [6, 6.07) is 13.6. The number of hydrogen-bond acceptors (Lipinski definition) is 4. The zero-order valence-corrected chi connectivity index (χ0v) is 15.8. The number of ether oxygens (including phenoxy) is 2. The number of halogens is 1. The Labute approximate surface area is 167 Å². The van der Waals surface area contributed by atoms with Crippen LogP contribution < -0.4 is 9.47 Å². The zero-order chi connectivity index (χ0) is 19.8. The van der Waals surface area contributed by atoms with Crippen LogP contribution in [-0.4, -0.2) is 40.3 Å². The number of aromatic nitrogens is 2. The third kappa shape index (κ3) is 3.33. The van der Waals surface area contributed by atoms with Crippen molar-refractivity contribution in [3.8, 4) is 17.2 Å². The molecule has 0 bridgehead atoms. The normalized spacial score (nSPS) is 18.1. The molecule has 2 aromatic carbocycles. The predicted molar refractivity (Wildman–Crippen MR) is 104 cm³/mol. The van der Waals surface area contributed by atoms with Crippen LogP contribution in [0.2, 0.25) is 0 Å². The summed E-state index contributed by atoms with van der Waals surface area (Å²) in [7, 11) is 0. The van der Waals surface area contributed by atoms with Gasteiger partial charge < -0.3 is 14.4 Å². The lowest BCUT2D eigenvalue weighted by Gasteiger charge is -2.26. The van der Waals surface area contributed by atoms with Gasteiger partial charge in [-0.1, -0.05) is 12.1 Å². The molecular formula is C22H20FN3O3. The van der Waals surface area contributed by atoms with E-state index in [9.17, 15) is 9.18 Å². The quantitative estimate of drug-likeness (QED) is 0.680. The molecule has 1 amide bonds. The third-order valence-corrected chi connectivity index (χ3v) is 5.35. The van der Waals surface area contributed by atoms with E-state index in [0.717, 1.165) is 29.9 Å². The van der Waals surface area contributed by atoms with Gasteiger partial charge in [0.1, 0.15) is 19.0 Å². The summed E-state index contributed by atoms with van der Waals surface area (Å²) in [6.45, 7) is 1.75. The number of hydrogen-bond donors (Lipinski definition) is 0. The molecule has 3 aromatic rings. The second kappa shape index (κ2) is 7.24.